The highest BCUT2D eigenvalue weighted by Crippen LogP contribution is 2.45. The van der Waals surface area contributed by atoms with Gasteiger partial charge in [0, 0.05) is 24.4 Å². The van der Waals surface area contributed by atoms with Crippen LogP contribution in [0, 0.1) is 5.92 Å². The van der Waals surface area contributed by atoms with Gasteiger partial charge < -0.3 is 10.0 Å². The monoisotopic (exact) mass is 294 g/mol. The van der Waals surface area contributed by atoms with E-state index in [4.69, 9.17) is 0 Å². The number of aliphatic hydroxyl groups is 1. The molecule has 110 valence electrons. The Hall–Kier alpha value is -0.940. The molecule has 1 amide bonds. The Morgan fingerprint density at radius 3 is 3.10 bits per heavy atom. The lowest BCUT2D eigenvalue weighted by atomic mass is 9.90. The molecule has 2 heterocycles. The third-order valence-electron chi connectivity index (χ3n) is 4.47. The quantitative estimate of drug-likeness (QED) is 0.928. The maximum atomic E-state index is 12.5. The molecule has 2 fully saturated rings. The Kier molecular flexibility index (Phi) is 3.82. The van der Waals surface area contributed by atoms with Crippen molar-refractivity contribution in [3.63, 3.8) is 0 Å². The number of carbonyl (C=O) groups excluding carboxylic acids is 1. The van der Waals surface area contributed by atoms with Crippen molar-refractivity contribution < 1.29 is 9.90 Å². The molecule has 4 nitrogen and oxygen atoms in total. The van der Waals surface area contributed by atoms with Crippen LogP contribution in [0.25, 0.3) is 0 Å². The van der Waals surface area contributed by atoms with Gasteiger partial charge in [-0.15, -0.1) is 11.3 Å². The Morgan fingerprint density at radius 2 is 2.40 bits per heavy atom. The molecule has 1 saturated carbocycles. The van der Waals surface area contributed by atoms with Crippen molar-refractivity contribution in [3.05, 3.63) is 16.1 Å². The van der Waals surface area contributed by atoms with Crippen LogP contribution in [0.1, 0.15) is 54.5 Å². The number of nitrogens with zero attached hydrogens (tertiary/aromatic N) is 2. The molecule has 3 rings (SSSR count). The minimum absolute atomic E-state index is 0.0394. The fourth-order valence-electron chi connectivity index (χ4n) is 3.04. The molecule has 1 aliphatic heterocycles. The van der Waals surface area contributed by atoms with E-state index in [2.05, 4.69) is 11.9 Å². The number of piperidine rings is 1. The van der Waals surface area contributed by atoms with Gasteiger partial charge in [-0.3, -0.25) is 4.79 Å². The highest BCUT2D eigenvalue weighted by molar-refractivity contribution is 7.09. The Morgan fingerprint density at radius 1 is 1.60 bits per heavy atom. The molecule has 2 aliphatic rings. The minimum atomic E-state index is -0.478. The molecule has 0 radical (unpaired) electrons. The van der Waals surface area contributed by atoms with Gasteiger partial charge in [0.1, 0.15) is 5.69 Å². The molecule has 0 aromatic carbocycles. The van der Waals surface area contributed by atoms with Crippen molar-refractivity contribution in [2.75, 3.05) is 13.1 Å². The van der Waals surface area contributed by atoms with E-state index in [0.29, 0.717) is 12.2 Å². The third-order valence-corrected chi connectivity index (χ3v) is 5.37. The Bertz CT molecular complexity index is 496. The van der Waals surface area contributed by atoms with Crippen LogP contribution in [-0.2, 0) is 6.42 Å². The number of aromatic nitrogens is 1. The van der Waals surface area contributed by atoms with E-state index < -0.39 is 5.60 Å². The topological polar surface area (TPSA) is 53.4 Å². The van der Waals surface area contributed by atoms with Crippen LogP contribution < -0.4 is 0 Å². The van der Waals surface area contributed by atoms with Gasteiger partial charge in [-0.05, 0) is 38.5 Å². The Labute approximate surface area is 123 Å². The molecule has 0 spiro atoms. The molecule has 1 N–H and O–H groups in total. The van der Waals surface area contributed by atoms with Gasteiger partial charge in [-0.1, -0.05) is 6.92 Å². The van der Waals surface area contributed by atoms with Crippen LogP contribution in [0.5, 0.6) is 0 Å². The molecule has 1 unspecified atom stereocenters. The molecular weight excluding hydrogens is 272 g/mol. The molecule has 1 aliphatic carbocycles. The van der Waals surface area contributed by atoms with Gasteiger partial charge in [0.2, 0.25) is 0 Å². The largest absolute Gasteiger partial charge is 0.390 e. The highest BCUT2D eigenvalue weighted by atomic mass is 32.1. The van der Waals surface area contributed by atoms with Gasteiger partial charge in [0.25, 0.3) is 5.91 Å². The zero-order valence-corrected chi connectivity index (χ0v) is 12.8. The first kappa shape index (κ1) is 14.0. The summed E-state index contributed by atoms with van der Waals surface area (Å²) < 4.78 is 0. The first-order valence-electron chi connectivity index (χ1n) is 7.58. The van der Waals surface area contributed by atoms with Crippen LogP contribution >= 0.6 is 11.3 Å². The van der Waals surface area contributed by atoms with Crippen LogP contribution in [0.3, 0.4) is 0 Å². The number of hydrogen-bond donors (Lipinski definition) is 1. The molecule has 20 heavy (non-hydrogen) atoms. The molecular formula is C15H22N2O2S. The number of carbonyl (C=O) groups is 1. The summed E-state index contributed by atoms with van der Waals surface area (Å²) in [7, 11) is 0. The first-order chi connectivity index (χ1) is 9.62. The number of rotatable bonds is 4. The third kappa shape index (κ3) is 2.74. The fraction of sp³-hybridized carbons (Fsp3) is 0.733. The number of thiazole rings is 1. The van der Waals surface area contributed by atoms with E-state index >= 15 is 0 Å². The summed E-state index contributed by atoms with van der Waals surface area (Å²) in [6.07, 6.45) is 5.83. The van der Waals surface area contributed by atoms with Crippen LogP contribution in [0.2, 0.25) is 0 Å². The van der Waals surface area contributed by atoms with E-state index in [1.54, 1.807) is 11.3 Å². The molecule has 1 saturated heterocycles. The predicted octanol–water partition coefficient (Wildman–Crippen LogP) is 2.47. The normalized spacial score (nSPS) is 24.7. The van der Waals surface area contributed by atoms with Gasteiger partial charge in [0.15, 0.2) is 0 Å². The van der Waals surface area contributed by atoms with E-state index in [1.807, 2.05) is 10.3 Å². The molecule has 1 aromatic rings. The van der Waals surface area contributed by atoms with E-state index in [0.717, 1.165) is 50.1 Å². The van der Waals surface area contributed by atoms with Crippen LogP contribution in [-0.4, -0.2) is 39.6 Å². The lowest BCUT2D eigenvalue weighted by molar-refractivity contribution is 0.0279. The minimum Gasteiger partial charge on any atom is -0.390 e. The SMILES string of the molecule is CCCc1nc(C(=O)N2CCCC(C3(O)CC3)C2)cs1. The van der Waals surface area contributed by atoms with Crippen LogP contribution in [0.4, 0.5) is 0 Å². The second-order valence-corrected chi connectivity index (χ2v) is 7.01. The van der Waals surface area contributed by atoms with Crippen molar-refractivity contribution in [1.82, 2.24) is 9.88 Å². The maximum absolute atomic E-state index is 12.5. The van der Waals surface area contributed by atoms with Crippen molar-refractivity contribution in [2.24, 2.45) is 5.92 Å². The Balaban J connectivity index is 1.66. The summed E-state index contributed by atoms with van der Waals surface area (Å²) in [5.74, 6) is 0.298. The van der Waals surface area contributed by atoms with E-state index in [-0.39, 0.29) is 11.8 Å². The average molecular weight is 294 g/mol. The average Bonchev–Trinajstić information content (AvgIpc) is 3.05. The molecule has 0 bridgehead atoms. The lowest BCUT2D eigenvalue weighted by Gasteiger charge is -2.35. The number of hydrogen-bond acceptors (Lipinski definition) is 4. The van der Waals surface area contributed by atoms with Crippen molar-refractivity contribution in [3.8, 4) is 0 Å². The van der Waals surface area contributed by atoms with Crippen molar-refractivity contribution >= 4 is 17.2 Å². The summed E-state index contributed by atoms with van der Waals surface area (Å²) in [5, 5.41) is 13.2. The lowest BCUT2D eigenvalue weighted by Crippen LogP contribution is -2.44. The smallest absolute Gasteiger partial charge is 0.273 e. The summed E-state index contributed by atoms with van der Waals surface area (Å²) in [6.45, 7) is 3.61. The summed E-state index contributed by atoms with van der Waals surface area (Å²) >= 11 is 1.58. The van der Waals surface area contributed by atoms with E-state index in [9.17, 15) is 9.90 Å². The number of aryl methyl sites for hydroxylation is 1. The van der Waals surface area contributed by atoms with Gasteiger partial charge in [-0.25, -0.2) is 4.98 Å². The second-order valence-electron chi connectivity index (χ2n) is 6.07. The van der Waals surface area contributed by atoms with E-state index in [1.165, 1.54) is 0 Å². The van der Waals surface area contributed by atoms with Crippen LogP contribution in [0.15, 0.2) is 5.38 Å². The predicted molar refractivity (Wildman–Crippen MR) is 78.9 cm³/mol. The molecule has 1 atom stereocenters. The zero-order chi connectivity index (χ0) is 14.2. The first-order valence-corrected chi connectivity index (χ1v) is 8.46. The molecule has 5 heteroatoms. The fourth-order valence-corrected chi connectivity index (χ4v) is 3.91. The second kappa shape index (κ2) is 5.45. The highest BCUT2D eigenvalue weighted by Gasteiger charge is 2.49. The standard InChI is InChI=1S/C15H22N2O2S/c1-2-4-13-16-12(10-20-13)14(18)17-8-3-5-11(9-17)15(19)6-7-15/h10-11,19H,2-9H2,1H3. The number of likely N-dealkylation sites (tertiary alicyclic amines) is 1. The zero-order valence-electron chi connectivity index (χ0n) is 12.0. The van der Waals surface area contributed by atoms with Gasteiger partial charge in [0.05, 0.1) is 10.6 Å². The van der Waals surface area contributed by atoms with Crippen molar-refractivity contribution in [2.45, 2.75) is 51.0 Å². The maximum Gasteiger partial charge on any atom is 0.273 e. The molecule has 1 aromatic heterocycles. The summed E-state index contributed by atoms with van der Waals surface area (Å²) in [6, 6.07) is 0. The van der Waals surface area contributed by atoms with Crippen molar-refractivity contribution in [1.29, 1.82) is 0 Å². The number of amides is 1. The summed E-state index contributed by atoms with van der Waals surface area (Å²) in [4.78, 5) is 18.8. The van der Waals surface area contributed by atoms with Gasteiger partial charge in [-0.2, -0.15) is 0 Å². The summed E-state index contributed by atoms with van der Waals surface area (Å²) in [5.41, 5.74) is 0.107. The van der Waals surface area contributed by atoms with Gasteiger partial charge >= 0.3 is 0 Å².